The second-order valence-electron chi connectivity index (χ2n) is 6.60. The van der Waals surface area contributed by atoms with Gasteiger partial charge in [0.15, 0.2) is 4.34 Å². The quantitative estimate of drug-likeness (QED) is 0.393. The Labute approximate surface area is 190 Å². The number of halogens is 1. The Hall–Kier alpha value is -2.95. The van der Waals surface area contributed by atoms with Gasteiger partial charge in [0.1, 0.15) is 12.4 Å². The van der Waals surface area contributed by atoms with Crippen LogP contribution in [0.25, 0.3) is 10.9 Å². The molecule has 0 saturated heterocycles. The van der Waals surface area contributed by atoms with Crippen LogP contribution in [-0.2, 0) is 17.1 Å². The molecule has 0 radical (unpaired) electrons. The Bertz CT molecular complexity index is 1340. The molecule has 11 heteroatoms. The Balaban J connectivity index is 1.56. The van der Waals surface area contributed by atoms with Gasteiger partial charge in [0.05, 0.1) is 16.7 Å². The minimum atomic E-state index is -0.607. The highest BCUT2D eigenvalue weighted by molar-refractivity contribution is 8.00. The van der Waals surface area contributed by atoms with Crippen molar-refractivity contribution < 1.29 is 4.79 Å². The SMILES string of the molecule is Cc1c(Cl)cccc1Nc1nnc(SCc2nc3ccccc3c(=O)n2CC(N)=O)s1. The summed E-state index contributed by atoms with van der Waals surface area (Å²) in [5.41, 5.74) is 7.39. The van der Waals surface area contributed by atoms with Gasteiger partial charge in [0.25, 0.3) is 5.56 Å². The van der Waals surface area contributed by atoms with E-state index in [2.05, 4.69) is 20.5 Å². The van der Waals surface area contributed by atoms with Crippen molar-refractivity contribution >= 4 is 62.3 Å². The lowest BCUT2D eigenvalue weighted by atomic mass is 10.2. The summed E-state index contributed by atoms with van der Waals surface area (Å²) in [5.74, 6) is 0.172. The van der Waals surface area contributed by atoms with Crippen molar-refractivity contribution in [3.63, 3.8) is 0 Å². The molecule has 158 valence electrons. The van der Waals surface area contributed by atoms with Gasteiger partial charge in [-0.2, -0.15) is 0 Å². The number of carbonyl (C=O) groups excluding carboxylic acids is 1. The highest BCUT2D eigenvalue weighted by atomic mass is 35.5. The molecule has 0 aliphatic carbocycles. The zero-order valence-electron chi connectivity index (χ0n) is 16.3. The summed E-state index contributed by atoms with van der Waals surface area (Å²) in [6.45, 7) is 1.69. The van der Waals surface area contributed by atoms with Gasteiger partial charge in [0, 0.05) is 10.7 Å². The number of carbonyl (C=O) groups is 1. The molecule has 8 nitrogen and oxygen atoms in total. The molecule has 1 amide bonds. The average Bonchev–Trinajstić information content (AvgIpc) is 3.19. The van der Waals surface area contributed by atoms with Crippen LogP contribution in [0, 0.1) is 6.92 Å². The summed E-state index contributed by atoms with van der Waals surface area (Å²) < 4.78 is 2.00. The lowest BCUT2D eigenvalue weighted by molar-refractivity contribution is -0.118. The zero-order chi connectivity index (χ0) is 22.0. The van der Waals surface area contributed by atoms with Crippen molar-refractivity contribution in [2.75, 3.05) is 5.32 Å². The molecule has 0 aliphatic heterocycles. The third-order valence-electron chi connectivity index (χ3n) is 4.50. The van der Waals surface area contributed by atoms with Crippen LogP contribution in [-0.4, -0.2) is 25.7 Å². The standard InChI is InChI=1S/C20H17ClN6O2S2/c1-11-13(21)6-4-8-14(11)24-19-25-26-20(31-19)30-10-17-23-15-7-3-2-5-12(15)18(29)27(17)9-16(22)28/h2-8H,9-10H2,1H3,(H2,22,28)(H,24,25). The van der Waals surface area contributed by atoms with Crippen LogP contribution in [0.3, 0.4) is 0 Å². The largest absolute Gasteiger partial charge is 0.368 e. The predicted molar refractivity (Wildman–Crippen MR) is 124 cm³/mol. The van der Waals surface area contributed by atoms with Gasteiger partial charge in [-0.3, -0.25) is 14.2 Å². The number of fused-ring (bicyclic) bond motifs is 1. The summed E-state index contributed by atoms with van der Waals surface area (Å²) in [6, 6.07) is 12.6. The van der Waals surface area contributed by atoms with Gasteiger partial charge in [-0.1, -0.05) is 52.9 Å². The second kappa shape index (κ2) is 9.04. The monoisotopic (exact) mass is 472 g/mol. The molecule has 2 aromatic heterocycles. The van der Waals surface area contributed by atoms with Crippen molar-refractivity contribution in [1.29, 1.82) is 0 Å². The number of nitrogens with two attached hydrogens (primary N) is 1. The van der Waals surface area contributed by atoms with Crippen molar-refractivity contribution in [3.05, 3.63) is 69.2 Å². The van der Waals surface area contributed by atoms with Gasteiger partial charge >= 0.3 is 0 Å². The third-order valence-corrected chi connectivity index (χ3v) is 6.87. The molecule has 0 unspecified atom stereocenters. The number of nitrogens with zero attached hydrogens (tertiary/aromatic N) is 4. The van der Waals surface area contributed by atoms with Crippen LogP contribution >= 0.6 is 34.7 Å². The fourth-order valence-electron chi connectivity index (χ4n) is 2.95. The van der Waals surface area contributed by atoms with Crippen LogP contribution in [0.15, 0.2) is 51.6 Å². The number of thioether (sulfide) groups is 1. The summed E-state index contributed by atoms with van der Waals surface area (Å²) in [6.07, 6.45) is 0. The van der Waals surface area contributed by atoms with Crippen LogP contribution in [0.5, 0.6) is 0 Å². The van der Waals surface area contributed by atoms with Crippen molar-refractivity contribution in [1.82, 2.24) is 19.7 Å². The van der Waals surface area contributed by atoms with Gasteiger partial charge in [-0.05, 0) is 36.8 Å². The Morgan fingerprint density at radius 2 is 2.03 bits per heavy atom. The molecule has 4 aromatic rings. The number of aromatic nitrogens is 4. The third kappa shape index (κ3) is 4.71. The van der Waals surface area contributed by atoms with E-state index in [1.807, 2.05) is 31.2 Å². The minimum Gasteiger partial charge on any atom is -0.368 e. The number of para-hydroxylation sites is 1. The first-order chi connectivity index (χ1) is 14.9. The molecular formula is C20H17ClN6O2S2. The smallest absolute Gasteiger partial charge is 0.261 e. The molecule has 0 atom stereocenters. The highest BCUT2D eigenvalue weighted by Gasteiger charge is 2.15. The van der Waals surface area contributed by atoms with Gasteiger partial charge in [-0.15, -0.1) is 10.2 Å². The van der Waals surface area contributed by atoms with Crippen LogP contribution < -0.4 is 16.6 Å². The number of amides is 1. The van der Waals surface area contributed by atoms with E-state index in [0.29, 0.717) is 37.0 Å². The van der Waals surface area contributed by atoms with Crippen LogP contribution in [0.2, 0.25) is 5.02 Å². The van der Waals surface area contributed by atoms with E-state index in [-0.39, 0.29) is 12.1 Å². The van der Waals surface area contributed by atoms with Crippen LogP contribution in [0.1, 0.15) is 11.4 Å². The Kier molecular flexibility index (Phi) is 6.21. The van der Waals surface area contributed by atoms with Crippen LogP contribution in [0.4, 0.5) is 10.8 Å². The number of hydrogen-bond donors (Lipinski definition) is 2. The maximum Gasteiger partial charge on any atom is 0.261 e. The molecule has 3 N–H and O–H groups in total. The van der Waals surface area contributed by atoms with Crippen molar-refractivity contribution in [2.24, 2.45) is 5.73 Å². The first kappa shape index (κ1) is 21.3. The number of nitrogens with one attached hydrogen (secondary N) is 1. The summed E-state index contributed by atoms with van der Waals surface area (Å²) in [7, 11) is 0. The first-order valence-corrected chi connectivity index (χ1v) is 11.4. The zero-order valence-corrected chi connectivity index (χ0v) is 18.7. The van der Waals surface area contributed by atoms with E-state index in [4.69, 9.17) is 17.3 Å². The molecule has 0 fully saturated rings. The summed E-state index contributed by atoms with van der Waals surface area (Å²) in [5, 5.41) is 13.3. The lowest BCUT2D eigenvalue weighted by Gasteiger charge is -2.11. The minimum absolute atomic E-state index is 0.233. The van der Waals surface area contributed by atoms with Crippen molar-refractivity contribution in [3.8, 4) is 0 Å². The van der Waals surface area contributed by atoms with E-state index < -0.39 is 5.91 Å². The second-order valence-corrected chi connectivity index (χ2v) is 9.21. The summed E-state index contributed by atoms with van der Waals surface area (Å²) >= 11 is 8.91. The molecular weight excluding hydrogens is 456 g/mol. The van der Waals surface area contributed by atoms with E-state index in [0.717, 1.165) is 11.3 Å². The van der Waals surface area contributed by atoms with E-state index >= 15 is 0 Å². The van der Waals surface area contributed by atoms with E-state index in [1.54, 1.807) is 18.2 Å². The topological polar surface area (TPSA) is 116 Å². The lowest BCUT2D eigenvalue weighted by Crippen LogP contribution is -2.31. The Morgan fingerprint density at radius 1 is 1.23 bits per heavy atom. The molecule has 2 aromatic carbocycles. The van der Waals surface area contributed by atoms with E-state index in [9.17, 15) is 9.59 Å². The number of hydrogen-bond acceptors (Lipinski definition) is 8. The fourth-order valence-corrected chi connectivity index (χ4v) is 4.83. The molecule has 0 aliphatic rings. The fraction of sp³-hybridized carbons (Fsp3) is 0.150. The number of rotatable bonds is 7. The summed E-state index contributed by atoms with van der Waals surface area (Å²) in [4.78, 5) is 28.9. The number of primary amides is 1. The molecule has 0 saturated carbocycles. The molecule has 4 rings (SSSR count). The molecule has 0 spiro atoms. The maximum atomic E-state index is 12.8. The number of benzene rings is 2. The first-order valence-electron chi connectivity index (χ1n) is 9.17. The van der Waals surface area contributed by atoms with Crippen molar-refractivity contribution in [2.45, 2.75) is 23.6 Å². The average molecular weight is 473 g/mol. The molecule has 2 heterocycles. The van der Waals surface area contributed by atoms with Gasteiger partial charge in [0.2, 0.25) is 11.0 Å². The van der Waals surface area contributed by atoms with Gasteiger partial charge < -0.3 is 11.1 Å². The maximum absolute atomic E-state index is 12.8. The predicted octanol–water partition coefficient (Wildman–Crippen LogP) is 3.73. The number of anilines is 2. The normalized spacial score (nSPS) is 11.0. The highest BCUT2D eigenvalue weighted by Crippen LogP contribution is 2.31. The molecule has 0 bridgehead atoms. The molecule has 31 heavy (non-hydrogen) atoms. The van der Waals surface area contributed by atoms with E-state index in [1.165, 1.54) is 27.7 Å². The Morgan fingerprint density at radius 3 is 2.84 bits per heavy atom. The van der Waals surface area contributed by atoms with Gasteiger partial charge in [-0.25, -0.2) is 4.98 Å².